The van der Waals surface area contributed by atoms with Crippen LogP contribution in [-0.2, 0) is 13.1 Å². The molecular weight excluding hydrogens is 246 g/mol. The summed E-state index contributed by atoms with van der Waals surface area (Å²) in [5.41, 5.74) is 7.18. The Labute approximate surface area is 109 Å². The summed E-state index contributed by atoms with van der Waals surface area (Å²) in [5.74, 6) is -0.166. The molecule has 2 heterocycles. The molecule has 0 saturated carbocycles. The highest BCUT2D eigenvalue weighted by atomic mass is 16.4. The number of aromatic nitrogens is 3. The van der Waals surface area contributed by atoms with E-state index in [4.69, 9.17) is 5.73 Å². The number of nitrogens with two attached hydrogens (primary N) is 1. The van der Waals surface area contributed by atoms with Gasteiger partial charge < -0.3 is 20.3 Å². The van der Waals surface area contributed by atoms with Crippen molar-refractivity contribution >= 4 is 17.3 Å². The van der Waals surface area contributed by atoms with E-state index >= 15 is 0 Å². The summed E-state index contributed by atoms with van der Waals surface area (Å²) in [7, 11) is 0. The van der Waals surface area contributed by atoms with E-state index in [2.05, 4.69) is 10.2 Å². The van der Waals surface area contributed by atoms with Crippen molar-refractivity contribution < 1.29 is 9.90 Å². The Balaban J connectivity index is 2.02. The molecule has 1 aromatic carbocycles. The van der Waals surface area contributed by atoms with Gasteiger partial charge in [0.15, 0.2) is 5.82 Å². The van der Waals surface area contributed by atoms with Gasteiger partial charge in [-0.1, -0.05) is 6.07 Å². The highest BCUT2D eigenvalue weighted by Crippen LogP contribution is 2.30. The van der Waals surface area contributed by atoms with Gasteiger partial charge in [0.1, 0.15) is 6.33 Å². The summed E-state index contributed by atoms with van der Waals surface area (Å²) in [6.45, 7) is 1.91. The first-order chi connectivity index (χ1) is 9.16. The van der Waals surface area contributed by atoms with Crippen molar-refractivity contribution in [3.63, 3.8) is 0 Å². The van der Waals surface area contributed by atoms with Crippen LogP contribution < -0.4 is 10.6 Å². The molecule has 98 valence electrons. The topological polar surface area (TPSA) is 97.3 Å². The number of nitrogen functional groups attached to an aromatic ring is 1. The predicted molar refractivity (Wildman–Crippen MR) is 68.9 cm³/mol. The van der Waals surface area contributed by atoms with Crippen LogP contribution in [0.15, 0.2) is 24.5 Å². The van der Waals surface area contributed by atoms with Gasteiger partial charge in [-0.2, -0.15) is 0 Å². The largest absolute Gasteiger partial charge is 0.478 e. The second-order valence-corrected chi connectivity index (χ2v) is 4.41. The molecule has 1 aromatic heterocycles. The minimum absolute atomic E-state index is 0.216. The Hall–Kier alpha value is -2.57. The number of para-hydroxylation sites is 1. The first-order valence-corrected chi connectivity index (χ1v) is 5.90. The first kappa shape index (κ1) is 11.5. The van der Waals surface area contributed by atoms with E-state index in [9.17, 15) is 9.90 Å². The molecule has 19 heavy (non-hydrogen) atoms. The first-order valence-electron chi connectivity index (χ1n) is 5.90. The van der Waals surface area contributed by atoms with Crippen molar-refractivity contribution in [2.24, 2.45) is 0 Å². The summed E-state index contributed by atoms with van der Waals surface area (Å²) < 4.78 is 1.95. The van der Waals surface area contributed by atoms with Gasteiger partial charge in [0.25, 0.3) is 0 Å². The highest BCUT2D eigenvalue weighted by molar-refractivity contribution is 5.98. The van der Waals surface area contributed by atoms with E-state index in [0.717, 1.165) is 12.4 Å². The molecule has 0 aliphatic carbocycles. The van der Waals surface area contributed by atoms with Crippen molar-refractivity contribution in [3.8, 4) is 0 Å². The summed E-state index contributed by atoms with van der Waals surface area (Å²) >= 11 is 0. The average Bonchev–Trinajstić information content (AvgIpc) is 2.85. The van der Waals surface area contributed by atoms with Gasteiger partial charge in [-0.25, -0.2) is 4.79 Å². The molecule has 0 radical (unpaired) electrons. The molecule has 1 aliphatic heterocycles. The zero-order chi connectivity index (χ0) is 13.4. The van der Waals surface area contributed by atoms with Crippen LogP contribution in [0.3, 0.4) is 0 Å². The maximum Gasteiger partial charge on any atom is 0.337 e. The van der Waals surface area contributed by atoms with Crippen molar-refractivity contribution in [2.45, 2.75) is 13.1 Å². The minimum Gasteiger partial charge on any atom is -0.478 e. The Morgan fingerprint density at radius 2 is 2.21 bits per heavy atom. The van der Waals surface area contributed by atoms with Crippen molar-refractivity contribution in [1.82, 2.24) is 14.8 Å². The Bertz CT molecular complexity index is 637. The molecule has 7 heteroatoms. The number of hydrogen-bond acceptors (Lipinski definition) is 5. The molecule has 0 saturated heterocycles. The molecule has 0 amide bonds. The van der Waals surface area contributed by atoms with E-state index in [-0.39, 0.29) is 5.56 Å². The van der Waals surface area contributed by atoms with Crippen LogP contribution >= 0.6 is 0 Å². The third-order valence-electron chi connectivity index (χ3n) is 3.25. The normalized spacial score (nSPS) is 14.2. The zero-order valence-electron chi connectivity index (χ0n) is 10.2. The second kappa shape index (κ2) is 4.27. The molecular formula is C12H13N5O2. The number of carboxylic acid groups (broad SMARTS) is 1. The maximum absolute atomic E-state index is 11.3. The number of hydrogen-bond donors (Lipinski definition) is 2. The summed E-state index contributed by atoms with van der Waals surface area (Å²) in [6.07, 6.45) is 1.68. The standard InChI is InChI=1S/C12H13N5O2/c13-9-3-1-2-8(12(18)19)11(9)16-4-5-17-7-14-15-10(17)6-16/h1-3,7H,4-6,13H2,(H,18,19). The lowest BCUT2D eigenvalue weighted by Crippen LogP contribution is -2.35. The van der Waals surface area contributed by atoms with Crippen LogP contribution in [-0.4, -0.2) is 32.4 Å². The third kappa shape index (κ3) is 1.88. The number of carboxylic acids is 1. The average molecular weight is 259 g/mol. The van der Waals surface area contributed by atoms with Crippen LogP contribution in [0.1, 0.15) is 16.2 Å². The molecule has 0 bridgehead atoms. The lowest BCUT2D eigenvalue weighted by molar-refractivity contribution is 0.0697. The molecule has 3 N–H and O–H groups in total. The maximum atomic E-state index is 11.3. The van der Waals surface area contributed by atoms with Gasteiger partial charge >= 0.3 is 5.97 Å². The van der Waals surface area contributed by atoms with E-state index in [1.807, 2.05) is 9.47 Å². The lowest BCUT2D eigenvalue weighted by Gasteiger charge is -2.30. The van der Waals surface area contributed by atoms with E-state index in [1.54, 1.807) is 24.5 Å². The molecule has 0 unspecified atom stereocenters. The van der Waals surface area contributed by atoms with Gasteiger partial charge in [-0.05, 0) is 12.1 Å². The second-order valence-electron chi connectivity index (χ2n) is 4.41. The van der Waals surface area contributed by atoms with Gasteiger partial charge in [0, 0.05) is 13.1 Å². The molecule has 0 atom stereocenters. The smallest absolute Gasteiger partial charge is 0.337 e. The van der Waals surface area contributed by atoms with E-state index in [1.165, 1.54) is 0 Å². The van der Waals surface area contributed by atoms with Crippen molar-refractivity contribution in [1.29, 1.82) is 0 Å². The molecule has 1 aliphatic rings. The number of benzene rings is 1. The van der Waals surface area contributed by atoms with Crippen molar-refractivity contribution in [3.05, 3.63) is 35.9 Å². The Kier molecular flexibility index (Phi) is 2.59. The fourth-order valence-corrected chi connectivity index (χ4v) is 2.34. The van der Waals surface area contributed by atoms with Gasteiger partial charge in [-0.15, -0.1) is 10.2 Å². The summed E-state index contributed by atoms with van der Waals surface area (Å²) in [5, 5.41) is 17.1. The van der Waals surface area contributed by atoms with Gasteiger partial charge in [-0.3, -0.25) is 0 Å². The highest BCUT2D eigenvalue weighted by Gasteiger charge is 2.23. The fraction of sp³-hybridized carbons (Fsp3) is 0.250. The summed E-state index contributed by atoms with van der Waals surface area (Å²) in [4.78, 5) is 13.2. The molecule has 2 aromatic rings. The monoisotopic (exact) mass is 259 g/mol. The zero-order valence-corrected chi connectivity index (χ0v) is 10.2. The lowest BCUT2D eigenvalue weighted by atomic mass is 10.1. The minimum atomic E-state index is -0.977. The SMILES string of the molecule is Nc1cccc(C(=O)O)c1N1CCn2cnnc2C1. The summed E-state index contributed by atoms with van der Waals surface area (Å²) in [6, 6.07) is 4.92. The van der Waals surface area contributed by atoms with Gasteiger partial charge in [0.2, 0.25) is 0 Å². The molecule has 0 fully saturated rings. The number of anilines is 2. The molecule has 7 nitrogen and oxygen atoms in total. The van der Waals surface area contributed by atoms with Gasteiger partial charge in [0.05, 0.1) is 23.5 Å². The van der Waals surface area contributed by atoms with Crippen LogP contribution in [0.4, 0.5) is 11.4 Å². The van der Waals surface area contributed by atoms with Crippen LogP contribution in [0.2, 0.25) is 0 Å². The predicted octanol–water partition coefficient (Wildman–Crippen LogP) is 0.579. The number of fused-ring (bicyclic) bond motifs is 1. The Morgan fingerprint density at radius 1 is 1.37 bits per heavy atom. The molecule has 0 spiro atoms. The Morgan fingerprint density at radius 3 is 3.00 bits per heavy atom. The van der Waals surface area contributed by atoms with E-state index < -0.39 is 5.97 Å². The van der Waals surface area contributed by atoms with Crippen LogP contribution in [0.5, 0.6) is 0 Å². The number of carbonyl (C=O) groups is 1. The number of aromatic carboxylic acids is 1. The van der Waals surface area contributed by atoms with E-state index in [0.29, 0.717) is 24.5 Å². The van der Waals surface area contributed by atoms with Crippen LogP contribution in [0, 0.1) is 0 Å². The quantitative estimate of drug-likeness (QED) is 0.766. The number of rotatable bonds is 2. The van der Waals surface area contributed by atoms with Crippen LogP contribution in [0.25, 0.3) is 0 Å². The third-order valence-corrected chi connectivity index (χ3v) is 3.25. The number of nitrogens with zero attached hydrogens (tertiary/aromatic N) is 4. The fourth-order valence-electron chi connectivity index (χ4n) is 2.34. The van der Waals surface area contributed by atoms with Crippen molar-refractivity contribution in [2.75, 3.05) is 17.2 Å². The molecule has 3 rings (SSSR count).